The van der Waals surface area contributed by atoms with Gasteiger partial charge in [-0.15, -0.1) is 0 Å². The molecule has 1 saturated carbocycles. The molecule has 0 aromatic rings. The minimum Gasteiger partial charge on any atom is -0.385 e. The van der Waals surface area contributed by atoms with Gasteiger partial charge in [0.2, 0.25) is 0 Å². The molecule has 0 radical (unpaired) electrons. The molecule has 0 aliphatic heterocycles. The summed E-state index contributed by atoms with van der Waals surface area (Å²) in [5, 5.41) is 1.05. The minimum absolute atomic E-state index is 0.374. The van der Waals surface area contributed by atoms with Crippen LogP contribution in [0.1, 0.15) is 97.8 Å². The van der Waals surface area contributed by atoms with E-state index in [9.17, 15) is 0 Å². The first-order valence-electron chi connectivity index (χ1n) is 12.3. The van der Waals surface area contributed by atoms with Crippen LogP contribution in [0.3, 0.4) is 0 Å². The summed E-state index contributed by atoms with van der Waals surface area (Å²) in [5.74, 6) is 4.94. The summed E-state index contributed by atoms with van der Waals surface area (Å²) < 4.78 is 10.6. The Morgan fingerprint density at radius 3 is 1.86 bits per heavy atom. The highest BCUT2D eigenvalue weighted by Gasteiger charge is 2.37. The Morgan fingerprint density at radius 2 is 1.32 bits per heavy atom. The van der Waals surface area contributed by atoms with Crippen LogP contribution in [-0.2, 0) is 9.47 Å². The zero-order valence-corrected chi connectivity index (χ0v) is 20.8. The van der Waals surface area contributed by atoms with Gasteiger partial charge in [0.15, 0.2) is 0 Å². The van der Waals surface area contributed by atoms with E-state index in [1.165, 1.54) is 82.1 Å². The molecule has 3 heteroatoms. The third kappa shape index (κ3) is 10.9. The monoisotopic (exact) mass is 416 g/mol. The molecular formula is C25H52O2S. The van der Waals surface area contributed by atoms with E-state index in [4.69, 9.17) is 9.47 Å². The predicted octanol–water partition coefficient (Wildman–Crippen LogP) is 7.44. The molecule has 0 aromatic carbocycles. The van der Waals surface area contributed by atoms with Crippen molar-refractivity contribution in [1.82, 2.24) is 0 Å². The molecule has 2 nitrogen and oxygen atoms in total. The maximum absolute atomic E-state index is 5.62. The molecule has 0 spiro atoms. The lowest BCUT2D eigenvalue weighted by Crippen LogP contribution is -2.24. The first kappa shape index (κ1) is 26.3. The average Bonchev–Trinajstić information content (AvgIpc) is 3.03. The topological polar surface area (TPSA) is 18.5 Å². The van der Waals surface area contributed by atoms with Crippen LogP contribution in [0.2, 0.25) is 0 Å². The van der Waals surface area contributed by atoms with Crippen LogP contribution in [0, 0.1) is 11.8 Å². The highest BCUT2D eigenvalue weighted by Crippen LogP contribution is 2.58. The van der Waals surface area contributed by atoms with Crippen molar-refractivity contribution in [2.75, 3.05) is 44.7 Å². The largest absolute Gasteiger partial charge is 0.385 e. The fourth-order valence-electron chi connectivity index (χ4n) is 5.10. The molecule has 0 amide bonds. The molecule has 170 valence electrons. The van der Waals surface area contributed by atoms with E-state index in [-0.39, 0.29) is 10.0 Å². The molecule has 1 rings (SSSR count). The Labute approximate surface area is 179 Å². The lowest BCUT2D eigenvalue weighted by Gasteiger charge is -2.43. The van der Waals surface area contributed by atoms with Gasteiger partial charge in [-0.1, -0.05) is 65.7 Å². The van der Waals surface area contributed by atoms with Gasteiger partial charge in [0, 0.05) is 26.9 Å². The molecule has 4 unspecified atom stereocenters. The number of methoxy groups -OCH3 is 1. The summed E-state index contributed by atoms with van der Waals surface area (Å²) in [6, 6.07) is 0. The first-order valence-corrected chi connectivity index (χ1v) is 14.8. The number of hydrogen-bond donors (Lipinski definition) is 0. The number of hydrogen-bond acceptors (Lipinski definition) is 2. The van der Waals surface area contributed by atoms with Gasteiger partial charge < -0.3 is 9.47 Å². The van der Waals surface area contributed by atoms with E-state index in [1.807, 2.05) is 0 Å². The quantitative estimate of drug-likeness (QED) is 0.216. The highest BCUT2D eigenvalue weighted by atomic mass is 32.3. The van der Waals surface area contributed by atoms with Crippen LogP contribution < -0.4 is 0 Å². The SMILES string of the molecule is CCS(C)(CCCCCCCCCCCOCCCOC)C1CC(C)CC1C. The van der Waals surface area contributed by atoms with Gasteiger partial charge in [-0.25, -0.2) is 10.0 Å². The number of ether oxygens (including phenoxy) is 2. The van der Waals surface area contributed by atoms with E-state index in [0.29, 0.717) is 0 Å². The number of unbranched alkanes of at least 4 members (excludes halogenated alkanes) is 8. The molecule has 0 aromatic heterocycles. The van der Waals surface area contributed by atoms with Crippen LogP contribution >= 0.6 is 10.0 Å². The van der Waals surface area contributed by atoms with Crippen molar-refractivity contribution < 1.29 is 9.47 Å². The van der Waals surface area contributed by atoms with E-state index in [2.05, 4.69) is 27.0 Å². The second-order valence-electron chi connectivity index (χ2n) is 9.58. The van der Waals surface area contributed by atoms with Crippen LogP contribution in [-0.4, -0.2) is 49.9 Å². The third-order valence-electron chi connectivity index (χ3n) is 6.97. The van der Waals surface area contributed by atoms with Crippen molar-refractivity contribution in [2.24, 2.45) is 11.8 Å². The van der Waals surface area contributed by atoms with Crippen LogP contribution in [0.15, 0.2) is 0 Å². The summed E-state index contributed by atoms with van der Waals surface area (Å²) >= 11 is 0. The van der Waals surface area contributed by atoms with Gasteiger partial charge in [0.25, 0.3) is 0 Å². The van der Waals surface area contributed by atoms with Gasteiger partial charge in [0.05, 0.1) is 0 Å². The Balaban J connectivity index is 1.93. The third-order valence-corrected chi connectivity index (χ3v) is 11.6. The van der Waals surface area contributed by atoms with Crippen molar-refractivity contribution >= 4 is 10.0 Å². The van der Waals surface area contributed by atoms with Gasteiger partial charge >= 0.3 is 0 Å². The van der Waals surface area contributed by atoms with Crippen LogP contribution in [0.4, 0.5) is 0 Å². The molecule has 0 heterocycles. The molecule has 0 saturated heterocycles. The van der Waals surface area contributed by atoms with Crippen molar-refractivity contribution in [3.05, 3.63) is 0 Å². The van der Waals surface area contributed by atoms with Gasteiger partial charge in [0.1, 0.15) is 0 Å². The molecule has 0 N–H and O–H groups in total. The Kier molecular flexibility index (Phi) is 15.1. The Morgan fingerprint density at radius 1 is 0.750 bits per heavy atom. The second kappa shape index (κ2) is 16.0. The van der Waals surface area contributed by atoms with Crippen molar-refractivity contribution in [2.45, 2.75) is 103 Å². The normalized spacial score (nSPS) is 25.7. The average molecular weight is 417 g/mol. The zero-order valence-electron chi connectivity index (χ0n) is 20.0. The molecule has 4 atom stereocenters. The summed E-state index contributed by atoms with van der Waals surface area (Å²) in [5.41, 5.74) is 0. The first-order chi connectivity index (χ1) is 13.5. The van der Waals surface area contributed by atoms with Crippen molar-refractivity contribution in [1.29, 1.82) is 0 Å². The van der Waals surface area contributed by atoms with E-state index in [1.54, 1.807) is 7.11 Å². The number of rotatable bonds is 18. The van der Waals surface area contributed by atoms with Crippen LogP contribution in [0.25, 0.3) is 0 Å². The summed E-state index contributed by atoms with van der Waals surface area (Å²) in [4.78, 5) is 0. The van der Waals surface area contributed by atoms with Crippen molar-refractivity contribution in [3.8, 4) is 0 Å². The fourth-order valence-corrected chi connectivity index (χ4v) is 9.00. The highest BCUT2D eigenvalue weighted by molar-refractivity contribution is 8.33. The summed E-state index contributed by atoms with van der Waals surface area (Å²) in [6.45, 7) is 10.1. The van der Waals surface area contributed by atoms with E-state index in [0.717, 1.165) is 43.3 Å². The molecule has 0 bridgehead atoms. The van der Waals surface area contributed by atoms with Crippen LogP contribution in [0.5, 0.6) is 0 Å². The summed E-state index contributed by atoms with van der Waals surface area (Å²) in [7, 11) is 1.38. The van der Waals surface area contributed by atoms with Gasteiger partial charge in [-0.2, -0.15) is 0 Å². The van der Waals surface area contributed by atoms with Gasteiger partial charge in [-0.05, 0) is 67.0 Å². The predicted molar refractivity (Wildman–Crippen MR) is 129 cm³/mol. The molecule has 1 fully saturated rings. The second-order valence-corrected chi connectivity index (χ2v) is 13.9. The lowest BCUT2D eigenvalue weighted by molar-refractivity contribution is 0.100. The van der Waals surface area contributed by atoms with E-state index < -0.39 is 0 Å². The zero-order chi connectivity index (χ0) is 20.7. The molecule has 28 heavy (non-hydrogen) atoms. The smallest absolute Gasteiger partial charge is 0.0487 e. The van der Waals surface area contributed by atoms with E-state index >= 15 is 0 Å². The summed E-state index contributed by atoms with van der Waals surface area (Å²) in [6.07, 6.45) is 19.3. The van der Waals surface area contributed by atoms with Gasteiger partial charge in [-0.3, -0.25) is 0 Å². The lowest BCUT2D eigenvalue weighted by atomic mass is 10.1. The van der Waals surface area contributed by atoms with Crippen molar-refractivity contribution in [3.63, 3.8) is 0 Å². The molecular weight excluding hydrogens is 364 g/mol. The maximum Gasteiger partial charge on any atom is 0.0487 e. The molecule has 1 aliphatic carbocycles. The Hall–Kier alpha value is 0.270. The maximum atomic E-state index is 5.62. The fraction of sp³-hybridized carbons (Fsp3) is 1.00. The standard InChI is InChI=1S/C25H52O2S/c1-6-28(5,25-22-23(2)21-24(25)3)20-15-13-11-9-7-8-10-12-14-18-27-19-16-17-26-4/h23-25H,6-22H2,1-5H3. The Bertz CT molecular complexity index is 362. The minimum atomic E-state index is -0.374. The molecule has 1 aliphatic rings.